The maximum Gasteiger partial charge on any atom is 0.314 e. The van der Waals surface area contributed by atoms with Crippen LogP contribution in [0.1, 0.15) is 52.4 Å². The van der Waals surface area contributed by atoms with Gasteiger partial charge >= 0.3 is 12.0 Å². The summed E-state index contributed by atoms with van der Waals surface area (Å²) in [5, 5.41) is 14.4. The largest absolute Gasteiger partial charge is 0.481 e. The van der Waals surface area contributed by atoms with E-state index in [4.69, 9.17) is 5.11 Å². The van der Waals surface area contributed by atoms with E-state index in [-0.39, 0.29) is 18.4 Å². The van der Waals surface area contributed by atoms with Gasteiger partial charge in [-0.1, -0.05) is 26.7 Å². The van der Waals surface area contributed by atoms with E-state index in [0.717, 1.165) is 19.4 Å². The van der Waals surface area contributed by atoms with Gasteiger partial charge in [0.05, 0.1) is 0 Å². The number of hydrogen-bond donors (Lipinski definition) is 3. The molecule has 1 saturated carbocycles. The third-order valence-electron chi connectivity index (χ3n) is 4.38. The van der Waals surface area contributed by atoms with Gasteiger partial charge < -0.3 is 15.7 Å². The van der Waals surface area contributed by atoms with Crippen molar-refractivity contribution < 1.29 is 14.7 Å². The van der Waals surface area contributed by atoms with Crippen LogP contribution in [-0.4, -0.2) is 30.2 Å². The predicted octanol–water partition coefficient (Wildman–Crippen LogP) is 2.37. The van der Waals surface area contributed by atoms with Gasteiger partial charge in [-0.3, -0.25) is 4.79 Å². The Morgan fingerprint density at radius 3 is 2.37 bits per heavy atom. The van der Waals surface area contributed by atoms with Crippen LogP contribution in [-0.2, 0) is 4.79 Å². The highest BCUT2D eigenvalue weighted by atomic mass is 16.4. The van der Waals surface area contributed by atoms with Crippen LogP contribution in [0.3, 0.4) is 0 Å². The summed E-state index contributed by atoms with van der Waals surface area (Å²) in [7, 11) is 0. The maximum atomic E-state index is 11.7. The van der Waals surface area contributed by atoms with E-state index in [1.54, 1.807) is 0 Å². The van der Waals surface area contributed by atoms with Crippen LogP contribution in [0.5, 0.6) is 0 Å². The topological polar surface area (TPSA) is 78.4 Å². The standard InChI is InChI=1S/C14H26N2O3/c1-3-11(8-12(17)18)9-15-13(19)16-10-14(4-2)6-5-7-14/h11H,3-10H2,1-2H3,(H,17,18)(H2,15,16,19). The van der Waals surface area contributed by atoms with Gasteiger partial charge in [-0.15, -0.1) is 0 Å². The fourth-order valence-electron chi connectivity index (χ4n) is 2.51. The molecule has 1 aliphatic rings. The molecule has 0 spiro atoms. The number of nitrogens with one attached hydrogen (secondary N) is 2. The van der Waals surface area contributed by atoms with E-state index < -0.39 is 5.97 Å². The normalized spacial score (nSPS) is 18.2. The lowest BCUT2D eigenvalue weighted by Gasteiger charge is -2.41. The number of carboxylic acids is 1. The fraction of sp³-hybridized carbons (Fsp3) is 0.857. The van der Waals surface area contributed by atoms with Crippen molar-refractivity contribution in [3.63, 3.8) is 0 Å². The zero-order valence-corrected chi connectivity index (χ0v) is 12.0. The average molecular weight is 270 g/mol. The van der Waals surface area contributed by atoms with Gasteiger partial charge in [-0.05, 0) is 30.6 Å². The molecule has 3 N–H and O–H groups in total. The summed E-state index contributed by atoms with van der Waals surface area (Å²) < 4.78 is 0. The van der Waals surface area contributed by atoms with E-state index in [2.05, 4.69) is 17.6 Å². The quantitative estimate of drug-likeness (QED) is 0.633. The molecule has 1 fully saturated rings. The Bertz CT molecular complexity index is 308. The summed E-state index contributed by atoms with van der Waals surface area (Å²) >= 11 is 0. The third-order valence-corrected chi connectivity index (χ3v) is 4.38. The second kappa shape index (κ2) is 7.36. The first-order chi connectivity index (χ1) is 9.01. The van der Waals surface area contributed by atoms with Gasteiger partial charge in [0.2, 0.25) is 0 Å². The first-order valence-electron chi connectivity index (χ1n) is 7.25. The van der Waals surface area contributed by atoms with Crippen molar-refractivity contribution >= 4 is 12.0 Å². The smallest absolute Gasteiger partial charge is 0.314 e. The van der Waals surface area contributed by atoms with Crippen molar-refractivity contribution in [3.8, 4) is 0 Å². The number of carboxylic acid groups (broad SMARTS) is 1. The van der Waals surface area contributed by atoms with E-state index in [1.807, 2.05) is 6.92 Å². The highest BCUT2D eigenvalue weighted by Crippen LogP contribution is 2.42. The molecule has 0 radical (unpaired) electrons. The number of aliphatic carboxylic acids is 1. The summed E-state index contributed by atoms with van der Waals surface area (Å²) in [6.45, 7) is 5.26. The first-order valence-corrected chi connectivity index (χ1v) is 7.25. The Hall–Kier alpha value is -1.26. The molecule has 0 aromatic carbocycles. The van der Waals surface area contributed by atoms with Crippen LogP contribution in [0.2, 0.25) is 0 Å². The van der Waals surface area contributed by atoms with E-state index in [9.17, 15) is 9.59 Å². The van der Waals surface area contributed by atoms with Crippen molar-refractivity contribution in [1.82, 2.24) is 10.6 Å². The minimum Gasteiger partial charge on any atom is -0.481 e. The summed E-state index contributed by atoms with van der Waals surface area (Å²) in [6, 6.07) is -0.177. The Kier molecular flexibility index (Phi) is 6.12. The van der Waals surface area contributed by atoms with E-state index >= 15 is 0 Å². The highest BCUT2D eigenvalue weighted by Gasteiger charge is 2.35. The number of hydrogen-bond acceptors (Lipinski definition) is 2. The van der Waals surface area contributed by atoms with Gasteiger partial charge in [0.25, 0.3) is 0 Å². The van der Waals surface area contributed by atoms with Crippen molar-refractivity contribution in [2.45, 2.75) is 52.4 Å². The molecular weight excluding hydrogens is 244 g/mol. The molecule has 0 aromatic heterocycles. The summed E-state index contributed by atoms with van der Waals surface area (Å²) in [5.74, 6) is -0.805. The number of rotatable bonds is 8. The lowest BCUT2D eigenvalue weighted by atomic mass is 9.67. The molecule has 1 aliphatic carbocycles. The van der Waals surface area contributed by atoms with Crippen LogP contribution >= 0.6 is 0 Å². The van der Waals surface area contributed by atoms with E-state index in [1.165, 1.54) is 19.3 Å². The molecular formula is C14H26N2O3. The second-order valence-electron chi connectivity index (χ2n) is 5.64. The Labute approximate surface area is 115 Å². The van der Waals surface area contributed by atoms with Gasteiger partial charge in [0.1, 0.15) is 0 Å². The van der Waals surface area contributed by atoms with Crippen LogP contribution < -0.4 is 10.6 Å². The Balaban J connectivity index is 2.21. The summed E-state index contributed by atoms with van der Waals surface area (Å²) in [5.41, 5.74) is 0.308. The molecule has 0 aromatic rings. The monoisotopic (exact) mass is 270 g/mol. The molecule has 0 heterocycles. The molecule has 2 amide bonds. The SMILES string of the molecule is CCC(CNC(=O)NCC1(CC)CCC1)CC(=O)O. The number of amides is 2. The zero-order valence-electron chi connectivity index (χ0n) is 12.0. The van der Waals surface area contributed by atoms with Crippen LogP contribution in [0.15, 0.2) is 0 Å². The lowest BCUT2D eigenvalue weighted by Crippen LogP contribution is -2.46. The average Bonchev–Trinajstić information content (AvgIpc) is 2.33. The van der Waals surface area contributed by atoms with Crippen molar-refractivity contribution in [2.24, 2.45) is 11.3 Å². The minimum atomic E-state index is -0.812. The third kappa shape index (κ3) is 5.09. The molecule has 0 aliphatic heterocycles. The molecule has 0 saturated heterocycles. The second-order valence-corrected chi connectivity index (χ2v) is 5.64. The van der Waals surface area contributed by atoms with Gasteiger partial charge in [-0.2, -0.15) is 0 Å². The van der Waals surface area contributed by atoms with Gasteiger partial charge in [0, 0.05) is 19.5 Å². The molecule has 5 nitrogen and oxygen atoms in total. The molecule has 110 valence electrons. The molecule has 1 rings (SSSR count). The molecule has 1 unspecified atom stereocenters. The van der Waals surface area contributed by atoms with Crippen molar-refractivity contribution in [1.29, 1.82) is 0 Å². The predicted molar refractivity (Wildman–Crippen MR) is 74.0 cm³/mol. The summed E-state index contributed by atoms with van der Waals surface area (Å²) in [4.78, 5) is 22.3. The molecule has 1 atom stereocenters. The number of carbonyl (C=O) groups is 2. The lowest BCUT2D eigenvalue weighted by molar-refractivity contribution is -0.138. The van der Waals surface area contributed by atoms with Crippen molar-refractivity contribution in [2.75, 3.05) is 13.1 Å². The zero-order chi connectivity index (χ0) is 14.3. The van der Waals surface area contributed by atoms with Gasteiger partial charge in [0.15, 0.2) is 0 Å². The highest BCUT2D eigenvalue weighted by molar-refractivity contribution is 5.74. The molecule has 5 heteroatoms. The fourth-order valence-corrected chi connectivity index (χ4v) is 2.51. The Morgan fingerprint density at radius 1 is 1.26 bits per heavy atom. The maximum absolute atomic E-state index is 11.7. The van der Waals surface area contributed by atoms with Crippen LogP contribution in [0.4, 0.5) is 4.79 Å². The number of urea groups is 1. The van der Waals surface area contributed by atoms with Gasteiger partial charge in [-0.25, -0.2) is 4.79 Å². The minimum absolute atomic E-state index is 0.00656. The van der Waals surface area contributed by atoms with Crippen molar-refractivity contribution in [3.05, 3.63) is 0 Å². The summed E-state index contributed by atoms with van der Waals surface area (Å²) in [6.07, 6.45) is 5.61. The van der Waals surface area contributed by atoms with E-state index in [0.29, 0.717) is 12.0 Å². The Morgan fingerprint density at radius 2 is 1.95 bits per heavy atom. The van der Waals surface area contributed by atoms with Crippen LogP contribution in [0.25, 0.3) is 0 Å². The molecule has 0 bridgehead atoms. The van der Waals surface area contributed by atoms with Crippen LogP contribution in [0, 0.1) is 11.3 Å². The molecule has 19 heavy (non-hydrogen) atoms. The number of carbonyl (C=O) groups excluding carboxylic acids is 1. The first kappa shape index (κ1) is 15.8.